The highest BCUT2D eigenvalue weighted by Crippen LogP contribution is 2.25. The molecule has 5 nitrogen and oxygen atoms in total. The first-order chi connectivity index (χ1) is 10.1. The topological polar surface area (TPSA) is 80.7 Å². The molecule has 6 heteroatoms. The van der Waals surface area contributed by atoms with Crippen LogP contribution in [-0.4, -0.2) is 22.6 Å². The molecule has 21 heavy (non-hydrogen) atoms. The summed E-state index contributed by atoms with van der Waals surface area (Å²) in [4.78, 5) is 5.33. The van der Waals surface area contributed by atoms with Crippen LogP contribution in [0.2, 0.25) is 0 Å². The van der Waals surface area contributed by atoms with Crippen molar-refractivity contribution in [2.24, 2.45) is 10.9 Å². The number of rotatable bonds is 6. The largest absolute Gasteiger partial charge is 0.493 e. The molecule has 0 radical (unpaired) electrons. The molecular formula is C15H19N3O2S. The second-order valence-electron chi connectivity index (χ2n) is 4.84. The number of thiazole rings is 1. The van der Waals surface area contributed by atoms with Crippen LogP contribution >= 0.6 is 11.3 Å². The van der Waals surface area contributed by atoms with Crippen molar-refractivity contribution in [1.82, 2.24) is 4.98 Å². The standard InChI is InChI=1S/C15H19N3O2S/c1-10-6-12(15(16)18-19)7-11(2)14(10)20-5-3-4-13-8-17-9-21-13/h6-9,19H,3-5H2,1-2H3,(H2,16,18). The first-order valence-corrected chi connectivity index (χ1v) is 7.59. The molecule has 2 rings (SSSR count). The van der Waals surface area contributed by atoms with Crippen LogP contribution in [0.5, 0.6) is 5.75 Å². The Kier molecular flexibility index (Phi) is 5.16. The normalized spacial score (nSPS) is 11.6. The summed E-state index contributed by atoms with van der Waals surface area (Å²) in [6.07, 6.45) is 3.82. The van der Waals surface area contributed by atoms with Gasteiger partial charge in [-0.2, -0.15) is 0 Å². The lowest BCUT2D eigenvalue weighted by Crippen LogP contribution is -2.14. The van der Waals surface area contributed by atoms with Gasteiger partial charge < -0.3 is 15.7 Å². The Morgan fingerprint density at radius 1 is 1.38 bits per heavy atom. The van der Waals surface area contributed by atoms with Crippen LogP contribution in [0.15, 0.2) is 29.0 Å². The van der Waals surface area contributed by atoms with Gasteiger partial charge in [-0.25, -0.2) is 0 Å². The number of benzene rings is 1. The van der Waals surface area contributed by atoms with Crippen molar-refractivity contribution in [3.63, 3.8) is 0 Å². The second-order valence-corrected chi connectivity index (χ2v) is 5.82. The van der Waals surface area contributed by atoms with E-state index in [2.05, 4.69) is 10.1 Å². The van der Waals surface area contributed by atoms with Crippen LogP contribution in [0, 0.1) is 13.8 Å². The average Bonchev–Trinajstić information content (AvgIpc) is 2.97. The van der Waals surface area contributed by atoms with Crippen molar-refractivity contribution in [2.45, 2.75) is 26.7 Å². The third-order valence-corrected chi connectivity index (χ3v) is 4.00. The number of hydrogen-bond donors (Lipinski definition) is 2. The third-order valence-electron chi connectivity index (χ3n) is 3.16. The van der Waals surface area contributed by atoms with Crippen LogP contribution in [0.3, 0.4) is 0 Å². The minimum absolute atomic E-state index is 0.109. The van der Waals surface area contributed by atoms with Crippen molar-refractivity contribution < 1.29 is 9.94 Å². The lowest BCUT2D eigenvalue weighted by molar-refractivity contribution is 0.307. The van der Waals surface area contributed by atoms with Crippen LogP contribution in [0.1, 0.15) is 28.0 Å². The number of oxime groups is 1. The molecule has 1 aromatic heterocycles. The molecule has 0 aliphatic rings. The van der Waals surface area contributed by atoms with Crippen LogP contribution in [-0.2, 0) is 6.42 Å². The Balaban J connectivity index is 1.97. The fourth-order valence-electron chi connectivity index (χ4n) is 2.17. The number of amidine groups is 1. The molecule has 2 aromatic rings. The SMILES string of the molecule is Cc1cc(C(N)=NO)cc(C)c1OCCCc1cncs1. The number of aryl methyl sites for hydroxylation is 3. The zero-order valence-electron chi connectivity index (χ0n) is 12.2. The minimum atomic E-state index is 0.109. The summed E-state index contributed by atoms with van der Waals surface area (Å²) in [6.45, 7) is 4.57. The smallest absolute Gasteiger partial charge is 0.170 e. The van der Waals surface area contributed by atoms with Gasteiger partial charge in [-0.05, 0) is 49.9 Å². The Labute approximate surface area is 128 Å². The average molecular weight is 305 g/mol. The van der Waals surface area contributed by atoms with Gasteiger partial charge in [0.1, 0.15) is 5.75 Å². The van der Waals surface area contributed by atoms with E-state index >= 15 is 0 Å². The number of nitrogens with zero attached hydrogens (tertiary/aromatic N) is 2. The number of nitrogens with two attached hydrogens (primary N) is 1. The van der Waals surface area contributed by atoms with Crippen LogP contribution < -0.4 is 10.5 Å². The number of hydrogen-bond acceptors (Lipinski definition) is 5. The molecular weight excluding hydrogens is 286 g/mol. The highest BCUT2D eigenvalue weighted by molar-refractivity contribution is 7.09. The summed E-state index contributed by atoms with van der Waals surface area (Å²) in [5.41, 5.74) is 10.1. The molecule has 0 aliphatic carbocycles. The Morgan fingerprint density at radius 3 is 2.67 bits per heavy atom. The summed E-state index contributed by atoms with van der Waals surface area (Å²) >= 11 is 1.67. The Morgan fingerprint density at radius 2 is 2.10 bits per heavy atom. The van der Waals surface area contributed by atoms with Gasteiger partial charge >= 0.3 is 0 Å². The Bertz CT molecular complexity index is 601. The fraction of sp³-hybridized carbons (Fsp3) is 0.333. The van der Waals surface area contributed by atoms with Crippen LogP contribution in [0.4, 0.5) is 0 Å². The molecule has 0 saturated heterocycles. The maximum Gasteiger partial charge on any atom is 0.170 e. The van der Waals surface area contributed by atoms with E-state index < -0.39 is 0 Å². The second kappa shape index (κ2) is 7.08. The highest BCUT2D eigenvalue weighted by atomic mass is 32.1. The lowest BCUT2D eigenvalue weighted by atomic mass is 10.1. The fourth-order valence-corrected chi connectivity index (χ4v) is 2.81. The van der Waals surface area contributed by atoms with E-state index in [4.69, 9.17) is 15.7 Å². The van der Waals surface area contributed by atoms with E-state index in [0.717, 1.165) is 29.7 Å². The third kappa shape index (κ3) is 3.95. The van der Waals surface area contributed by atoms with Crippen molar-refractivity contribution >= 4 is 17.2 Å². The monoisotopic (exact) mass is 305 g/mol. The van der Waals surface area contributed by atoms with Gasteiger partial charge in [-0.3, -0.25) is 4.98 Å². The van der Waals surface area contributed by atoms with Crippen molar-refractivity contribution in [1.29, 1.82) is 0 Å². The molecule has 0 saturated carbocycles. The van der Waals surface area contributed by atoms with Crippen molar-refractivity contribution in [3.05, 3.63) is 45.4 Å². The highest BCUT2D eigenvalue weighted by Gasteiger charge is 2.09. The van der Waals surface area contributed by atoms with E-state index in [9.17, 15) is 0 Å². The summed E-state index contributed by atoms with van der Waals surface area (Å²) < 4.78 is 5.88. The van der Waals surface area contributed by atoms with Gasteiger partial charge in [0.05, 0.1) is 12.1 Å². The number of aromatic nitrogens is 1. The van der Waals surface area contributed by atoms with E-state index in [1.165, 1.54) is 4.88 Å². The maximum atomic E-state index is 8.73. The van der Waals surface area contributed by atoms with E-state index in [-0.39, 0.29) is 5.84 Å². The predicted octanol–water partition coefficient (Wildman–Crippen LogP) is 2.87. The molecule has 3 N–H and O–H groups in total. The number of ether oxygens (including phenoxy) is 1. The van der Waals surface area contributed by atoms with Gasteiger partial charge in [0.25, 0.3) is 0 Å². The first-order valence-electron chi connectivity index (χ1n) is 6.71. The van der Waals surface area contributed by atoms with E-state index in [0.29, 0.717) is 12.2 Å². The lowest BCUT2D eigenvalue weighted by Gasteiger charge is -2.13. The molecule has 0 spiro atoms. The predicted molar refractivity (Wildman–Crippen MR) is 84.4 cm³/mol. The Hall–Kier alpha value is -2.08. The molecule has 0 atom stereocenters. The maximum absolute atomic E-state index is 8.73. The summed E-state index contributed by atoms with van der Waals surface area (Å²) in [6, 6.07) is 3.72. The van der Waals surface area contributed by atoms with Gasteiger partial charge in [-0.15, -0.1) is 11.3 Å². The quantitative estimate of drug-likeness (QED) is 0.283. The van der Waals surface area contributed by atoms with Crippen molar-refractivity contribution in [3.8, 4) is 5.75 Å². The zero-order chi connectivity index (χ0) is 15.2. The van der Waals surface area contributed by atoms with Gasteiger partial charge in [0.15, 0.2) is 5.84 Å². The summed E-state index contributed by atoms with van der Waals surface area (Å²) in [5.74, 6) is 0.978. The van der Waals surface area contributed by atoms with Gasteiger partial charge in [0, 0.05) is 16.6 Å². The summed E-state index contributed by atoms with van der Waals surface area (Å²) in [7, 11) is 0. The molecule has 0 unspecified atom stereocenters. The molecule has 1 heterocycles. The molecule has 112 valence electrons. The van der Waals surface area contributed by atoms with Gasteiger partial charge in [0.2, 0.25) is 0 Å². The molecule has 0 fully saturated rings. The molecule has 0 bridgehead atoms. The van der Waals surface area contributed by atoms with E-state index in [1.807, 2.05) is 37.7 Å². The van der Waals surface area contributed by atoms with Crippen LogP contribution in [0.25, 0.3) is 0 Å². The minimum Gasteiger partial charge on any atom is -0.493 e. The molecule has 1 aromatic carbocycles. The zero-order valence-corrected chi connectivity index (χ0v) is 13.0. The summed E-state index contributed by atoms with van der Waals surface area (Å²) in [5, 5.41) is 11.8. The van der Waals surface area contributed by atoms with E-state index in [1.54, 1.807) is 11.3 Å². The van der Waals surface area contributed by atoms with Gasteiger partial charge in [-0.1, -0.05) is 5.16 Å². The first kappa shape index (κ1) is 15.3. The molecule has 0 aliphatic heterocycles. The molecule has 0 amide bonds. The van der Waals surface area contributed by atoms with Crippen molar-refractivity contribution in [2.75, 3.05) is 6.61 Å².